The monoisotopic (exact) mass is 430 g/mol. The smallest absolute Gasteiger partial charge is 0.246 e. The number of anilines is 1. The van der Waals surface area contributed by atoms with Gasteiger partial charge in [0.1, 0.15) is 10.6 Å². The first-order chi connectivity index (χ1) is 14.5. The predicted octanol–water partition coefficient (Wildman–Crippen LogP) is 2.78. The summed E-state index contributed by atoms with van der Waals surface area (Å²) in [6, 6.07) is 14.5. The number of sulfonamides is 1. The van der Waals surface area contributed by atoms with E-state index < -0.39 is 15.4 Å². The fourth-order valence-electron chi connectivity index (χ4n) is 4.07. The zero-order valence-electron chi connectivity index (χ0n) is 17.0. The quantitative estimate of drug-likeness (QED) is 0.762. The van der Waals surface area contributed by atoms with Gasteiger partial charge in [0.25, 0.3) is 0 Å². The summed E-state index contributed by atoms with van der Waals surface area (Å²) in [6.45, 7) is 1.30. The van der Waals surface area contributed by atoms with Crippen LogP contribution in [-0.2, 0) is 25.0 Å². The average molecular weight is 431 g/mol. The van der Waals surface area contributed by atoms with E-state index in [-0.39, 0.29) is 16.6 Å². The lowest BCUT2D eigenvalue weighted by Crippen LogP contribution is -2.46. The Bertz CT molecular complexity index is 1010. The Morgan fingerprint density at radius 1 is 1.10 bits per heavy atom. The van der Waals surface area contributed by atoms with Crippen molar-refractivity contribution in [3.05, 3.63) is 54.1 Å². The highest BCUT2D eigenvalue weighted by molar-refractivity contribution is 7.89. The summed E-state index contributed by atoms with van der Waals surface area (Å²) in [5, 5.41) is 2.95. The number of nitrogens with zero attached hydrogens (tertiary/aromatic N) is 1. The maximum atomic E-state index is 13.2. The highest BCUT2D eigenvalue weighted by Crippen LogP contribution is 2.44. The molecule has 1 aliphatic carbocycles. The number of methoxy groups -OCH3 is 1. The molecule has 1 amide bonds. The molecular formula is C22H26N2O5S. The number of nitrogens with one attached hydrogen (secondary N) is 1. The summed E-state index contributed by atoms with van der Waals surface area (Å²) in [5.74, 6) is 0.140. The molecule has 2 fully saturated rings. The SMILES string of the molecule is COc1ccc(NC(=O)C2(c3ccccc3)CCC2)cc1S(=O)(=O)N1CCOCC1. The summed E-state index contributed by atoms with van der Waals surface area (Å²) >= 11 is 0. The van der Waals surface area contributed by atoms with Crippen LogP contribution < -0.4 is 10.1 Å². The van der Waals surface area contributed by atoms with Crippen molar-refractivity contribution in [2.24, 2.45) is 0 Å². The maximum absolute atomic E-state index is 13.2. The largest absolute Gasteiger partial charge is 0.495 e. The zero-order valence-corrected chi connectivity index (χ0v) is 17.8. The minimum Gasteiger partial charge on any atom is -0.495 e. The summed E-state index contributed by atoms with van der Waals surface area (Å²) in [4.78, 5) is 13.3. The molecule has 0 radical (unpaired) electrons. The Labute approximate surface area is 177 Å². The fourth-order valence-corrected chi connectivity index (χ4v) is 5.66. The van der Waals surface area contributed by atoms with Gasteiger partial charge >= 0.3 is 0 Å². The molecular weight excluding hydrogens is 404 g/mol. The number of ether oxygens (including phenoxy) is 2. The summed E-state index contributed by atoms with van der Waals surface area (Å²) in [6.07, 6.45) is 2.54. The zero-order chi connectivity index (χ0) is 21.2. The van der Waals surface area contributed by atoms with Crippen molar-refractivity contribution in [1.29, 1.82) is 0 Å². The third kappa shape index (κ3) is 3.71. The minimum atomic E-state index is -3.77. The van der Waals surface area contributed by atoms with Crippen LogP contribution in [0.25, 0.3) is 0 Å². The van der Waals surface area contributed by atoms with Gasteiger partial charge in [-0.15, -0.1) is 0 Å². The summed E-state index contributed by atoms with van der Waals surface area (Å²) < 4.78 is 38.3. The Hall–Kier alpha value is -2.42. The summed E-state index contributed by atoms with van der Waals surface area (Å²) in [7, 11) is -2.33. The molecule has 1 N–H and O–H groups in total. The summed E-state index contributed by atoms with van der Waals surface area (Å²) in [5.41, 5.74) is 0.864. The van der Waals surface area contributed by atoms with Gasteiger partial charge in [0.15, 0.2) is 0 Å². The lowest BCUT2D eigenvalue weighted by Gasteiger charge is -2.40. The van der Waals surface area contributed by atoms with Gasteiger partial charge in [-0.05, 0) is 36.6 Å². The molecule has 1 aliphatic heterocycles. The van der Waals surface area contributed by atoms with Crippen LogP contribution in [0.2, 0.25) is 0 Å². The minimum absolute atomic E-state index is 0.0482. The van der Waals surface area contributed by atoms with Crippen LogP contribution in [0.3, 0.4) is 0 Å². The molecule has 8 heteroatoms. The van der Waals surface area contributed by atoms with E-state index in [1.54, 1.807) is 12.1 Å². The van der Waals surface area contributed by atoms with Crippen LogP contribution >= 0.6 is 0 Å². The van der Waals surface area contributed by atoms with Crippen molar-refractivity contribution in [2.75, 3.05) is 38.7 Å². The van der Waals surface area contributed by atoms with E-state index in [1.807, 2.05) is 30.3 Å². The van der Waals surface area contributed by atoms with E-state index in [1.165, 1.54) is 17.5 Å². The molecule has 2 aromatic rings. The van der Waals surface area contributed by atoms with Gasteiger partial charge in [0.05, 0.1) is 25.7 Å². The van der Waals surface area contributed by atoms with Gasteiger partial charge in [-0.25, -0.2) is 8.42 Å². The van der Waals surface area contributed by atoms with E-state index in [0.717, 1.165) is 24.8 Å². The van der Waals surface area contributed by atoms with Crippen molar-refractivity contribution in [3.8, 4) is 5.75 Å². The fraction of sp³-hybridized carbons (Fsp3) is 0.409. The topological polar surface area (TPSA) is 84.9 Å². The normalized spacial score (nSPS) is 19.0. The van der Waals surface area contributed by atoms with E-state index in [2.05, 4.69) is 5.32 Å². The van der Waals surface area contributed by atoms with E-state index in [4.69, 9.17) is 9.47 Å². The van der Waals surface area contributed by atoms with Crippen molar-refractivity contribution in [3.63, 3.8) is 0 Å². The average Bonchev–Trinajstić information content (AvgIpc) is 2.74. The second-order valence-corrected chi connectivity index (χ2v) is 9.54. The standard InChI is InChI=1S/C22H26N2O5S/c1-28-19-9-8-18(16-20(19)30(26,27)24-12-14-29-15-13-24)23-21(25)22(10-5-11-22)17-6-3-2-4-7-17/h2-4,6-9,16H,5,10-15H2,1H3,(H,23,25). The first-order valence-electron chi connectivity index (χ1n) is 10.1. The molecule has 4 rings (SSSR count). The molecule has 160 valence electrons. The molecule has 0 spiro atoms. The Morgan fingerprint density at radius 3 is 2.40 bits per heavy atom. The van der Waals surface area contributed by atoms with Crippen LogP contribution in [0.5, 0.6) is 5.75 Å². The van der Waals surface area contributed by atoms with Gasteiger partial charge in [0.2, 0.25) is 15.9 Å². The van der Waals surface area contributed by atoms with Gasteiger partial charge in [-0.3, -0.25) is 4.79 Å². The Balaban J connectivity index is 1.63. The lowest BCUT2D eigenvalue weighted by atomic mass is 9.64. The number of morpholine rings is 1. The molecule has 1 heterocycles. The van der Waals surface area contributed by atoms with Gasteiger partial charge in [0, 0.05) is 18.8 Å². The first kappa shape index (κ1) is 20.8. The molecule has 30 heavy (non-hydrogen) atoms. The van der Waals surface area contributed by atoms with Crippen molar-refractivity contribution >= 4 is 21.6 Å². The van der Waals surface area contributed by atoms with E-state index in [9.17, 15) is 13.2 Å². The van der Waals surface area contributed by atoms with Crippen LogP contribution in [-0.4, -0.2) is 52.0 Å². The third-order valence-corrected chi connectivity index (χ3v) is 7.90. The number of hydrogen-bond donors (Lipinski definition) is 1. The number of hydrogen-bond acceptors (Lipinski definition) is 5. The maximum Gasteiger partial charge on any atom is 0.246 e. The van der Waals surface area contributed by atoms with Crippen LogP contribution in [0, 0.1) is 0 Å². The molecule has 0 unspecified atom stereocenters. The number of amides is 1. The van der Waals surface area contributed by atoms with Crippen LogP contribution in [0.4, 0.5) is 5.69 Å². The second-order valence-electron chi connectivity index (χ2n) is 7.64. The first-order valence-corrected chi connectivity index (χ1v) is 11.5. The predicted molar refractivity (Wildman–Crippen MR) is 113 cm³/mol. The van der Waals surface area contributed by atoms with Crippen molar-refractivity contribution < 1.29 is 22.7 Å². The molecule has 0 atom stereocenters. The number of carbonyl (C=O) groups is 1. The molecule has 1 saturated heterocycles. The number of carbonyl (C=O) groups excluding carboxylic acids is 1. The molecule has 7 nitrogen and oxygen atoms in total. The van der Waals surface area contributed by atoms with Gasteiger partial charge in [-0.1, -0.05) is 36.8 Å². The molecule has 2 aromatic carbocycles. The number of benzene rings is 2. The lowest BCUT2D eigenvalue weighted by molar-refractivity contribution is -0.124. The molecule has 2 aliphatic rings. The van der Waals surface area contributed by atoms with E-state index >= 15 is 0 Å². The Kier molecular flexibility index (Phi) is 5.81. The Morgan fingerprint density at radius 2 is 1.80 bits per heavy atom. The third-order valence-electron chi connectivity index (χ3n) is 5.98. The van der Waals surface area contributed by atoms with E-state index in [0.29, 0.717) is 32.0 Å². The van der Waals surface area contributed by atoms with Crippen LogP contribution in [0.15, 0.2) is 53.4 Å². The highest BCUT2D eigenvalue weighted by Gasteiger charge is 2.45. The molecule has 1 saturated carbocycles. The van der Waals surface area contributed by atoms with Crippen LogP contribution in [0.1, 0.15) is 24.8 Å². The second kappa shape index (κ2) is 8.37. The molecule has 0 aromatic heterocycles. The van der Waals surface area contributed by atoms with Gasteiger partial charge < -0.3 is 14.8 Å². The molecule has 0 bridgehead atoms. The van der Waals surface area contributed by atoms with Crippen molar-refractivity contribution in [2.45, 2.75) is 29.6 Å². The van der Waals surface area contributed by atoms with Gasteiger partial charge in [-0.2, -0.15) is 4.31 Å². The van der Waals surface area contributed by atoms with Crippen molar-refractivity contribution in [1.82, 2.24) is 4.31 Å². The highest BCUT2D eigenvalue weighted by atomic mass is 32.2. The number of rotatable bonds is 6.